The van der Waals surface area contributed by atoms with Gasteiger partial charge in [-0.15, -0.1) is 0 Å². The summed E-state index contributed by atoms with van der Waals surface area (Å²) in [6, 6.07) is 7.49. The van der Waals surface area contributed by atoms with E-state index in [1.807, 2.05) is 12.1 Å². The van der Waals surface area contributed by atoms with Gasteiger partial charge in [-0.25, -0.2) is 12.8 Å². The largest absolute Gasteiger partial charge is 0.311 e. The molecule has 1 aromatic carbocycles. The van der Waals surface area contributed by atoms with Crippen LogP contribution in [0.4, 0.5) is 4.39 Å². The van der Waals surface area contributed by atoms with E-state index in [1.54, 1.807) is 0 Å². The first kappa shape index (κ1) is 18.4. The molecular formula is C17H27FN2O2S. The smallest absolute Gasteiger partial charge is 0.148 e. The summed E-state index contributed by atoms with van der Waals surface area (Å²) in [7, 11) is -2.88. The predicted molar refractivity (Wildman–Crippen MR) is 91.9 cm³/mol. The van der Waals surface area contributed by atoms with Gasteiger partial charge in [0, 0.05) is 24.9 Å². The maximum absolute atomic E-state index is 12.9. The molecule has 1 aliphatic rings. The number of piperidine rings is 1. The second-order valence-electron chi connectivity index (χ2n) is 6.64. The van der Waals surface area contributed by atoms with Gasteiger partial charge in [-0.1, -0.05) is 12.1 Å². The molecule has 1 aromatic rings. The molecule has 0 aromatic heterocycles. The fourth-order valence-corrected chi connectivity index (χ4v) is 3.64. The Hall–Kier alpha value is -0.980. The first-order chi connectivity index (χ1) is 10.8. The van der Waals surface area contributed by atoms with Gasteiger partial charge in [0.2, 0.25) is 0 Å². The minimum absolute atomic E-state index is 0.198. The van der Waals surface area contributed by atoms with Crippen LogP contribution < -0.4 is 5.32 Å². The minimum Gasteiger partial charge on any atom is -0.311 e. The van der Waals surface area contributed by atoms with E-state index < -0.39 is 9.84 Å². The Morgan fingerprint density at radius 1 is 1.26 bits per heavy atom. The Bertz CT molecular complexity index is 581. The average molecular weight is 342 g/mol. The van der Waals surface area contributed by atoms with Crippen molar-refractivity contribution in [1.82, 2.24) is 10.2 Å². The van der Waals surface area contributed by atoms with Crippen LogP contribution >= 0.6 is 0 Å². The first-order valence-corrected chi connectivity index (χ1v) is 10.3. The van der Waals surface area contributed by atoms with Crippen molar-refractivity contribution in [1.29, 1.82) is 0 Å². The van der Waals surface area contributed by atoms with Crippen LogP contribution in [0.1, 0.15) is 25.3 Å². The van der Waals surface area contributed by atoms with Gasteiger partial charge in [-0.3, -0.25) is 0 Å². The Morgan fingerprint density at radius 2 is 1.87 bits per heavy atom. The quantitative estimate of drug-likeness (QED) is 0.822. The summed E-state index contributed by atoms with van der Waals surface area (Å²) in [6.07, 6.45) is 4.25. The molecule has 0 unspecified atom stereocenters. The van der Waals surface area contributed by atoms with Crippen LogP contribution in [0.5, 0.6) is 0 Å². The summed E-state index contributed by atoms with van der Waals surface area (Å²) in [5.41, 5.74) is 1.14. The van der Waals surface area contributed by atoms with Crippen molar-refractivity contribution in [3.8, 4) is 0 Å². The molecule has 1 fully saturated rings. The van der Waals surface area contributed by atoms with E-state index in [-0.39, 0.29) is 11.6 Å². The Morgan fingerprint density at radius 3 is 2.43 bits per heavy atom. The zero-order valence-electron chi connectivity index (χ0n) is 14.0. The van der Waals surface area contributed by atoms with Gasteiger partial charge in [-0.05, 0) is 57.0 Å². The van der Waals surface area contributed by atoms with Gasteiger partial charge in [-0.2, -0.15) is 0 Å². The summed E-state index contributed by atoms with van der Waals surface area (Å²) in [5, 5.41) is 3.64. The van der Waals surface area contributed by atoms with Gasteiger partial charge in [0.05, 0.1) is 5.75 Å². The van der Waals surface area contributed by atoms with Crippen molar-refractivity contribution >= 4 is 9.84 Å². The molecule has 1 heterocycles. The van der Waals surface area contributed by atoms with Gasteiger partial charge >= 0.3 is 0 Å². The van der Waals surface area contributed by atoms with Crippen LogP contribution in [0.25, 0.3) is 0 Å². The first-order valence-electron chi connectivity index (χ1n) is 8.22. The molecule has 0 radical (unpaired) electrons. The van der Waals surface area contributed by atoms with Crippen molar-refractivity contribution in [3.63, 3.8) is 0 Å². The fraction of sp³-hybridized carbons (Fsp3) is 0.647. The monoisotopic (exact) mass is 342 g/mol. The zero-order valence-corrected chi connectivity index (χ0v) is 14.8. The molecule has 0 amide bonds. The topological polar surface area (TPSA) is 49.4 Å². The molecule has 6 heteroatoms. The second-order valence-corrected chi connectivity index (χ2v) is 8.90. The summed E-state index contributed by atoms with van der Waals surface area (Å²) in [6.45, 7) is 4.67. The van der Waals surface area contributed by atoms with E-state index in [2.05, 4.69) is 17.1 Å². The third kappa shape index (κ3) is 6.97. The van der Waals surface area contributed by atoms with E-state index in [9.17, 15) is 12.8 Å². The number of halogens is 1. The van der Waals surface area contributed by atoms with Crippen LogP contribution in [0, 0.1) is 5.82 Å². The predicted octanol–water partition coefficient (Wildman–Crippen LogP) is 1.86. The van der Waals surface area contributed by atoms with E-state index in [0.29, 0.717) is 18.6 Å². The molecule has 0 bridgehead atoms. The molecular weight excluding hydrogens is 315 g/mol. The molecule has 0 saturated carbocycles. The lowest BCUT2D eigenvalue weighted by Gasteiger charge is -2.33. The number of nitrogens with one attached hydrogen (secondary N) is 1. The highest BCUT2D eigenvalue weighted by atomic mass is 32.2. The van der Waals surface area contributed by atoms with Gasteiger partial charge in [0.15, 0.2) is 0 Å². The minimum atomic E-state index is -2.88. The lowest BCUT2D eigenvalue weighted by Crippen LogP contribution is -2.46. The molecule has 4 nitrogen and oxygen atoms in total. The molecule has 23 heavy (non-hydrogen) atoms. The zero-order chi connectivity index (χ0) is 16.9. The molecule has 2 rings (SSSR count). The van der Waals surface area contributed by atoms with Crippen molar-refractivity contribution in [2.24, 2.45) is 0 Å². The molecule has 0 spiro atoms. The summed E-state index contributed by atoms with van der Waals surface area (Å²) in [5.74, 6) is 0.0438. The van der Waals surface area contributed by atoms with Crippen molar-refractivity contribution in [2.45, 2.75) is 38.3 Å². The number of rotatable bonds is 7. The lowest BCUT2D eigenvalue weighted by atomic mass is 10.0. The van der Waals surface area contributed by atoms with Crippen molar-refractivity contribution in [3.05, 3.63) is 35.6 Å². The van der Waals surface area contributed by atoms with Gasteiger partial charge in [0.1, 0.15) is 15.7 Å². The van der Waals surface area contributed by atoms with Crippen molar-refractivity contribution < 1.29 is 12.8 Å². The van der Waals surface area contributed by atoms with Crippen LogP contribution in [0.2, 0.25) is 0 Å². The van der Waals surface area contributed by atoms with Crippen LogP contribution in [-0.4, -0.2) is 57.0 Å². The highest BCUT2D eigenvalue weighted by molar-refractivity contribution is 7.90. The average Bonchev–Trinajstić information content (AvgIpc) is 2.48. The highest BCUT2D eigenvalue weighted by Crippen LogP contribution is 2.13. The number of hydrogen-bond acceptors (Lipinski definition) is 4. The molecule has 0 aliphatic carbocycles. The Balaban J connectivity index is 1.70. The van der Waals surface area contributed by atoms with E-state index in [1.165, 1.54) is 18.4 Å². The van der Waals surface area contributed by atoms with Gasteiger partial charge < -0.3 is 10.2 Å². The van der Waals surface area contributed by atoms with E-state index >= 15 is 0 Å². The van der Waals surface area contributed by atoms with Crippen LogP contribution in [-0.2, 0) is 16.3 Å². The van der Waals surface area contributed by atoms with Crippen molar-refractivity contribution in [2.75, 3.05) is 31.6 Å². The molecule has 1 saturated heterocycles. The van der Waals surface area contributed by atoms with Gasteiger partial charge in [0.25, 0.3) is 0 Å². The second kappa shape index (κ2) is 8.22. The Kier molecular flexibility index (Phi) is 6.56. The number of benzene rings is 1. The number of hydrogen-bond donors (Lipinski definition) is 1. The van der Waals surface area contributed by atoms with Crippen LogP contribution in [0.15, 0.2) is 24.3 Å². The highest BCUT2D eigenvalue weighted by Gasteiger charge is 2.21. The maximum atomic E-state index is 12.9. The van der Waals surface area contributed by atoms with Crippen LogP contribution in [0.3, 0.4) is 0 Å². The summed E-state index contributed by atoms with van der Waals surface area (Å²) >= 11 is 0. The molecule has 130 valence electrons. The standard InChI is InChI=1S/C17H27FN2O2S/c1-14(13-15-3-5-16(18)6-4-15)19-17-7-9-20(10-8-17)11-12-23(2,21)22/h3-6,14,17,19H,7-13H2,1-2H3/t14-/m0/s1. The third-order valence-corrected chi connectivity index (χ3v) is 5.27. The Labute approximate surface area is 139 Å². The molecule has 1 atom stereocenters. The fourth-order valence-electron chi connectivity index (χ4n) is 3.05. The van der Waals surface area contributed by atoms with E-state index in [0.717, 1.165) is 37.9 Å². The summed E-state index contributed by atoms with van der Waals surface area (Å²) < 4.78 is 35.3. The maximum Gasteiger partial charge on any atom is 0.148 e. The lowest BCUT2D eigenvalue weighted by molar-refractivity contribution is 0.200. The molecule has 1 aliphatic heterocycles. The molecule has 1 N–H and O–H groups in total. The number of likely N-dealkylation sites (tertiary alicyclic amines) is 1. The van der Waals surface area contributed by atoms with E-state index in [4.69, 9.17) is 0 Å². The SMILES string of the molecule is C[C@@H](Cc1ccc(F)cc1)NC1CCN(CCS(C)(=O)=O)CC1. The third-order valence-electron chi connectivity index (χ3n) is 4.34. The normalized spacial score (nSPS) is 18.9. The summed E-state index contributed by atoms with van der Waals surface area (Å²) in [4.78, 5) is 2.23. The number of nitrogens with zero attached hydrogens (tertiary/aromatic N) is 1. The number of sulfone groups is 1.